The molecule has 0 radical (unpaired) electrons. The highest BCUT2D eigenvalue weighted by Gasteiger charge is 2.22. The molecule has 1 amide bonds. The van der Waals surface area contributed by atoms with E-state index in [9.17, 15) is 19.2 Å². The molecule has 0 spiro atoms. The van der Waals surface area contributed by atoms with Crippen molar-refractivity contribution in [2.24, 2.45) is 23.7 Å². The van der Waals surface area contributed by atoms with Crippen molar-refractivity contribution < 1.29 is 23.9 Å². The second kappa shape index (κ2) is 19.3. The second-order valence-corrected chi connectivity index (χ2v) is 13.1. The Labute approximate surface area is 220 Å². The Kier molecular flexibility index (Phi) is 17.7. The van der Waals surface area contributed by atoms with Gasteiger partial charge in [0.25, 0.3) is 0 Å². The van der Waals surface area contributed by atoms with Crippen LogP contribution < -0.4 is 5.32 Å². The van der Waals surface area contributed by atoms with Crippen molar-refractivity contribution in [3.05, 3.63) is 0 Å². The predicted molar refractivity (Wildman–Crippen MR) is 147 cm³/mol. The van der Waals surface area contributed by atoms with Crippen molar-refractivity contribution in [3.8, 4) is 0 Å². The minimum Gasteiger partial charge on any atom is -0.364 e. The molecule has 2 unspecified atom stereocenters. The molecule has 1 N–H and O–H groups in total. The molecule has 0 aromatic carbocycles. The van der Waals surface area contributed by atoms with Crippen LogP contribution in [-0.4, -0.2) is 54.5 Å². The van der Waals surface area contributed by atoms with Crippen LogP contribution in [0.15, 0.2) is 0 Å². The first-order chi connectivity index (χ1) is 16.7. The molecule has 8 heteroatoms. The average molecular weight is 530 g/mol. The van der Waals surface area contributed by atoms with Crippen molar-refractivity contribution >= 4 is 44.8 Å². The summed E-state index contributed by atoms with van der Waals surface area (Å²) in [4.78, 5) is 49.6. The number of nitrogens with one attached hydrogen (secondary N) is 1. The summed E-state index contributed by atoms with van der Waals surface area (Å²) in [6, 6.07) is 0. The summed E-state index contributed by atoms with van der Waals surface area (Å²) in [5.74, 6) is 2.74. The third-order valence-electron chi connectivity index (χ3n) is 6.06. The average Bonchev–Trinajstić information content (AvgIpc) is 2.76. The van der Waals surface area contributed by atoms with Crippen molar-refractivity contribution in [1.29, 1.82) is 0 Å². The summed E-state index contributed by atoms with van der Waals surface area (Å²) < 4.78 is 5.27. The second-order valence-electron chi connectivity index (χ2n) is 10.6. The fraction of sp³-hybridized carbons (Fsp3) is 0.852. The summed E-state index contributed by atoms with van der Waals surface area (Å²) in [6.45, 7) is 8.72. The number of Topliss-reactive ketones (excluding diaryl/α,β-unsaturated/α-hetero) is 3. The van der Waals surface area contributed by atoms with Gasteiger partial charge in [-0.2, -0.15) is 0 Å². The quantitative estimate of drug-likeness (QED) is 0.444. The zero-order valence-electron chi connectivity index (χ0n) is 22.3. The standard InChI is InChI=1S/C27H47NO5S2/c1-20(2)14-25(30)22-10-6-5-7-12-24(29)16-33-17-27(32)28-13-9-8-11-23(19-35-34-18-22)26(31)15-21(3)4/h20-23H,5-19H2,1-4H3,(H,28,32). The summed E-state index contributed by atoms with van der Waals surface area (Å²) in [5, 5.41) is 2.83. The normalized spacial score (nSPS) is 23.5. The number of amides is 1. The largest absolute Gasteiger partial charge is 0.364 e. The van der Waals surface area contributed by atoms with Gasteiger partial charge in [-0.15, -0.1) is 0 Å². The Morgan fingerprint density at radius 2 is 1.37 bits per heavy atom. The van der Waals surface area contributed by atoms with Crippen molar-refractivity contribution in [2.75, 3.05) is 31.3 Å². The van der Waals surface area contributed by atoms with Crippen LogP contribution >= 0.6 is 21.6 Å². The van der Waals surface area contributed by atoms with Gasteiger partial charge in [0.15, 0.2) is 5.78 Å². The Balaban J connectivity index is 2.74. The molecule has 1 aliphatic heterocycles. The van der Waals surface area contributed by atoms with E-state index in [0.29, 0.717) is 49.2 Å². The topological polar surface area (TPSA) is 89.5 Å². The maximum absolute atomic E-state index is 12.8. The number of ketones is 3. The Bertz CT molecular complexity index is 599. The van der Waals surface area contributed by atoms with Crippen LogP contribution in [0.5, 0.6) is 0 Å². The van der Waals surface area contributed by atoms with Gasteiger partial charge >= 0.3 is 0 Å². The minimum absolute atomic E-state index is 0.0128. The molecule has 35 heavy (non-hydrogen) atoms. The molecule has 0 aromatic rings. The van der Waals surface area contributed by atoms with E-state index in [1.54, 1.807) is 21.6 Å². The Morgan fingerprint density at radius 3 is 1.91 bits per heavy atom. The maximum Gasteiger partial charge on any atom is 0.246 e. The molecule has 1 saturated heterocycles. The first kappa shape index (κ1) is 32.2. The van der Waals surface area contributed by atoms with Crippen LogP contribution in [0.2, 0.25) is 0 Å². The highest BCUT2D eigenvalue weighted by Crippen LogP contribution is 2.31. The molecule has 0 aromatic heterocycles. The zero-order valence-corrected chi connectivity index (χ0v) is 23.9. The van der Waals surface area contributed by atoms with Crippen LogP contribution in [0.4, 0.5) is 0 Å². The van der Waals surface area contributed by atoms with E-state index in [1.807, 2.05) is 0 Å². The van der Waals surface area contributed by atoms with E-state index in [1.165, 1.54) is 0 Å². The van der Waals surface area contributed by atoms with Crippen LogP contribution in [0.25, 0.3) is 0 Å². The lowest BCUT2D eigenvalue weighted by atomic mass is 9.93. The van der Waals surface area contributed by atoms with Crippen molar-refractivity contribution in [3.63, 3.8) is 0 Å². The Hall–Kier alpha value is -0.860. The van der Waals surface area contributed by atoms with Gasteiger partial charge in [-0.1, -0.05) is 68.5 Å². The van der Waals surface area contributed by atoms with Gasteiger partial charge in [-0.3, -0.25) is 19.2 Å². The number of hydrogen-bond acceptors (Lipinski definition) is 7. The first-order valence-corrected chi connectivity index (χ1v) is 15.8. The molecule has 1 fully saturated rings. The highest BCUT2D eigenvalue weighted by molar-refractivity contribution is 8.76. The predicted octanol–water partition coefficient (Wildman–Crippen LogP) is 5.67. The number of carbonyl (C=O) groups is 4. The van der Waals surface area contributed by atoms with E-state index in [0.717, 1.165) is 56.5 Å². The zero-order chi connectivity index (χ0) is 26.1. The molecule has 0 bridgehead atoms. The van der Waals surface area contributed by atoms with Crippen LogP contribution in [0.1, 0.15) is 91.9 Å². The number of rotatable bonds is 6. The van der Waals surface area contributed by atoms with Crippen molar-refractivity contribution in [2.45, 2.75) is 91.9 Å². The number of hydrogen-bond donors (Lipinski definition) is 1. The Morgan fingerprint density at radius 1 is 0.829 bits per heavy atom. The fourth-order valence-corrected chi connectivity index (χ4v) is 6.88. The van der Waals surface area contributed by atoms with Gasteiger partial charge in [-0.25, -0.2) is 0 Å². The third-order valence-corrected chi connectivity index (χ3v) is 8.62. The molecule has 6 nitrogen and oxygen atoms in total. The molecule has 2 atom stereocenters. The summed E-state index contributed by atoms with van der Waals surface area (Å²) in [7, 11) is 3.45. The SMILES string of the molecule is CC(C)CC(=O)C1CCCCCC(=O)COCC(=O)NCCCCC(C(=O)CC(C)C)CSSC1. The number of ether oxygens (including phenoxy) is 1. The summed E-state index contributed by atoms with van der Waals surface area (Å²) in [6.07, 6.45) is 7.59. The molecular weight excluding hydrogens is 482 g/mol. The van der Waals surface area contributed by atoms with Gasteiger partial charge in [-0.05, 0) is 37.5 Å². The molecule has 202 valence electrons. The lowest BCUT2D eigenvalue weighted by molar-refractivity contribution is -0.130. The lowest BCUT2D eigenvalue weighted by Gasteiger charge is -2.19. The molecule has 1 rings (SSSR count). The molecule has 1 aliphatic rings. The summed E-state index contributed by atoms with van der Waals surface area (Å²) >= 11 is 0. The molecular formula is C27H47NO5S2. The van der Waals surface area contributed by atoms with Crippen molar-refractivity contribution in [1.82, 2.24) is 5.32 Å². The monoisotopic (exact) mass is 529 g/mol. The molecule has 0 saturated carbocycles. The van der Waals surface area contributed by atoms with E-state index >= 15 is 0 Å². The van der Waals surface area contributed by atoms with Crippen LogP contribution in [-0.2, 0) is 23.9 Å². The van der Waals surface area contributed by atoms with Gasteiger partial charge in [0.1, 0.15) is 24.8 Å². The van der Waals surface area contributed by atoms with E-state index in [4.69, 9.17) is 4.74 Å². The van der Waals surface area contributed by atoms with E-state index < -0.39 is 0 Å². The van der Waals surface area contributed by atoms with Crippen LogP contribution in [0, 0.1) is 23.7 Å². The van der Waals surface area contributed by atoms with E-state index in [2.05, 4.69) is 33.0 Å². The highest BCUT2D eigenvalue weighted by atomic mass is 33.1. The van der Waals surface area contributed by atoms with E-state index in [-0.39, 0.29) is 36.7 Å². The molecule has 0 aliphatic carbocycles. The van der Waals surface area contributed by atoms with Gasteiger partial charge in [0.2, 0.25) is 5.91 Å². The van der Waals surface area contributed by atoms with Crippen LogP contribution in [0.3, 0.4) is 0 Å². The fourth-order valence-electron chi connectivity index (χ4n) is 4.09. The lowest BCUT2D eigenvalue weighted by Crippen LogP contribution is -2.29. The van der Waals surface area contributed by atoms with Gasteiger partial charge in [0.05, 0.1) is 0 Å². The third kappa shape index (κ3) is 16.5. The molecule has 1 heterocycles. The maximum atomic E-state index is 12.8. The first-order valence-electron chi connectivity index (χ1n) is 13.3. The van der Waals surface area contributed by atoms with Gasteiger partial charge in [0, 0.05) is 49.1 Å². The minimum atomic E-state index is -0.208. The van der Waals surface area contributed by atoms with Gasteiger partial charge < -0.3 is 10.1 Å². The summed E-state index contributed by atoms with van der Waals surface area (Å²) in [5.41, 5.74) is 0. The smallest absolute Gasteiger partial charge is 0.246 e. The number of carbonyl (C=O) groups excluding carboxylic acids is 4.